The summed E-state index contributed by atoms with van der Waals surface area (Å²) in [6, 6.07) is 6.22. The van der Waals surface area contributed by atoms with Crippen LogP contribution in [0.4, 0.5) is 0 Å². The molecule has 0 bridgehead atoms. The molecular formula is C11H13BrO. The third-order valence-corrected chi connectivity index (χ3v) is 2.44. The Kier molecular flexibility index (Phi) is 4.19. The molecule has 0 aliphatic rings. The van der Waals surface area contributed by atoms with Gasteiger partial charge < -0.3 is 5.11 Å². The Labute approximate surface area is 87.2 Å². The van der Waals surface area contributed by atoms with Crippen LogP contribution in [0.1, 0.15) is 17.5 Å². The third kappa shape index (κ3) is 3.33. The molecule has 0 unspecified atom stereocenters. The van der Waals surface area contributed by atoms with Gasteiger partial charge in [0, 0.05) is 11.1 Å². The Bertz CT molecular complexity index is 305. The standard InChI is InChI=1S/C11H13BrO/c1-9-5-6-10(11(12)8-9)4-2-3-7-13/h2,4-6,8,13H,3,7H2,1H3. The maximum absolute atomic E-state index is 8.59. The summed E-state index contributed by atoms with van der Waals surface area (Å²) >= 11 is 3.49. The summed E-state index contributed by atoms with van der Waals surface area (Å²) < 4.78 is 1.10. The van der Waals surface area contributed by atoms with Crippen LogP contribution in [0.2, 0.25) is 0 Å². The van der Waals surface area contributed by atoms with Crippen LogP contribution in [0.25, 0.3) is 6.08 Å². The van der Waals surface area contributed by atoms with Crippen LogP contribution >= 0.6 is 15.9 Å². The Balaban J connectivity index is 2.77. The van der Waals surface area contributed by atoms with Gasteiger partial charge in [0.25, 0.3) is 0 Å². The molecule has 1 rings (SSSR count). The van der Waals surface area contributed by atoms with Crippen molar-refractivity contribution >= 4 is 22.0 Å². The number of halogens is 1. The molecule has 0 saturated carbocycles. The second kappa shape index (κ2) is 5.20. The summed E-state index contributed by atoms with van der Waals surface area (Å²) in [6.07, 6.45) is 4.69. The van der Waals surface area contributed by atoms with Crippen LogP contribution in [0, 0.1) is 6.92 Å². The van der Waals surface area contributed by atoms with E-state index in [1.807, 2.05) is 12.2 Å². The molecule has 1 aromatic carbocycles. The van der Waals surface area contributed by atoms with Crippen LogP contribution in [0.3, 0.4) is 0 Å². The molecule has 0 aliphatic carbocycles. The van der Waals surface area contributed by atoms with Crippen molar-refractivity contribution in [2.24, 2.45) is 0 Å². The smallest absolute Gasteiger partial charge is 0.0465 e. The van der Waals surface area contributed by atoms with Crippen molar-refractivity contribution in [1.82, 2.24) is 0 Å². The predicted molar refractivity (Wildman–Crippen MR) is 59.6 cm³/mol. The van der Waals surface area contributed by atoms with E-state index in [0.29, 0.717) is 6.42 Å². The number of hydrogen-bond acceptors (Lipinski definition) is 1. The van der Waals surface area contributed by atoms with E-state index in [9.17, 15) is 0 Å². The van der Waals surface area contributed by atoms with E-state index in [-0.39, 0.29) is 6.61 Å². The molecule has 1 aromatic rings. The summed E-state index contributed by atoms with van der Waals surface area (Å²) in [5, 5.41) is 8.59. The topological polar surface area (TPSA) is 20.2 Å². The van der Waals surface area contributed by atoms with Gasteiger partial charge in [-0.05, 0) is 30.5 Å². The highest BCUT2D eigenvalue weighted by Crippen LogP contribution is 2.19. The highest BCUT2D eigenvalue weighted by Gasteiger charge is 1.94. The van der Waals surface area contributed by atoms with Gasteiger partial charge in [0.05, 0.1) is 0 Å². The van der Waals surface area contributed by atoms with Gasteiger partial charge in [-0.3, -0.25) is 0 Å². The molecule has 70 valence electrons. The Morgan fingerprint density at radius 1 is 1.46 bits per heavy atom. The second-order valence-corrected chi connectivity index (χ2v) is 3.79. The average molecular weight is 241 g/mol. The monoisotopic (exact) mass is 240 g/mol. The highest BCUT2D eigenvalue weighted by atomic mass is 79.9. The molecule has 0 spiro atoms. The minimum Gasteiger partial charge on any atom is -0.396 e. The summed E-state index contributed by atoms with van der Waals surface area (Å²) in [4.78, 5) is 0. The SMILES string of the molecule is Cc1ccc(C=CCCO)c(Br)c1. The molecule has 0 atom stereocenters. The van der Waals surface area contributed by atoms with E-state index < -0.39 is 0 Å². The number of hydrogen-bond donors (Lipinski definition) is 1. The zero-order valence-corrected chi connectivity index (χ0v) is 9.21. The lowest BCUT2D eigenvalue weighted by molar-refractivity contribution is 0.303. The minimum atomic E-state index is 0.208. The number of aliphatic hydroxyl groups is 1. The molecule has 0 radical (unpaired) electrons. The quantitative estimate of drug-likeness (QED) is 0.861. The van der Waals surface area contributed by atoms with Crippen molar-refractivity contribution in [2.75, 3.05) is 6.61 Å². The van der Waals surface area contributed by atoms with Crippen molar-refractivity contribution < 1.29 is 5.11 Å². The van der Waals surface area contributed by atoms with E-state index in [4.69, 9.17) is 5.11 Å². The molecule has 0 heterocycles. The normalized spacial score (nSPS) is 11.0. The average Bonchev–Trinajstić information content (AvgIpc) is 2.09. The largest absolute Gasteiger partial charge is 0.396 e. The zero-order chi connectivity index (χ0) is 9.68. The summed E-state index contributed by atoms with van der Waals surface area (Å²) in [6.45, 7) is 2.27. The Morgan fingerprint density at radius 2 is 2.23 bits per heavy atom. The molecule has 0 saturated heterocycles. The number of aliphatic hydroxyl groups excluding tert-OH is 1. The fraction of sp³-hybridized carbons (Fsp3) is 0.273. The summed E-state index contributed by atoms with van der Waals surface area (Å²) in [5.41, 5.74) is 2.39. The maximum Gasteiger partial charge on any atom is 0.0465 e. The maximum atomic E-state index is 8.59. The summed E-state index contributed by atoms with van der Waals surface area (Å²) in [5.74, 6) is 0. The van der Waals surface area contributed by atoms with Crippen LogP contribution in [0.5, 0.6) is 0 Å². The number of benzene rings is 1. The minimum absolute atomic E-state index is 0.208. The van der Waals surface area contributed by atoms with E-state index in [2.05, 4.69) is 41.1 Å². The number of rotatable bonds is 3. The first-order chi connectivity index (χ1) is 6.24. The van der Waals surface area contributed by atoms with E-state index in [1.54, 1.807) is 0 Å². The zero-order valence-electron chi connectivity index (χ0n) is 7.63. The lowest BCUT2D eigenvalue weighted by Gasteiger charge is -1.99. The van der Waals surface area contributed by atoms with Crippen LogP contribution in [-0.2, 0) is 0 Å². The van der Waals surface area contributed by atoms with Crippen molar-refractivity contribution in [1.29, 1.82) is 0 Å². The molecule has 0 amide bonds. The van der Waals surface area contributed by atoms with Crippen molar-refractivity contribution in [3.63, 3.8) is 0 Å². The fourth-order valence-corrected chi connectivity index (χ4v) is 1.68. The van der Waals surface area contributed by atoms with Crippen molar-refractivity contribution in [3.8, 4) is 0 Å². The Morgan fingerprint density at radius 3 is 2.85 bits per heavy atom. The fourth-order valence-electron chi connectivity index (χ4n) is 1.05. The molecule has 0 aromatic heterocycles. The van der Waals surface area contributed by atoms with Crippen LogP contribution in [0.15, 0.2) is 28.7 Å². The first-order valence-corrected chi connectivity index (χ1v) is 5.07. The lowest BCUT2D eigenvalue weighted by atomic mass is 10.1. The van der Waals surface area contributed by atoms with Gasteiger partial charge in [0.2, 0.25) is 0 Å². The highest BCUT2D eigenvalue weighted by molar-refractivity contribution is 9.10. The van der Waals surface area contributed by atoms with Gasteiger partial charge in [-0.25, -0.2) is 0 Å². The van der Waals surface area contributed by atoms with Gasteiger partial charge in [-0.15, -0.1) is 0 Å². The Hall–Kier alpha value is -0.600. The second-order valence-electron chi connectivity index (χ2n) is 2.94. The predicted octanol–water partition coefficient (Wildman–Crippen LogP) is 3.15. The molecule has 1 N–H and O–H groups in total. The molecule has 0 aliphatic heterocycles. The molecule has 2 heteroatoms. The van der Waals surface area contributed by atoms with Gasteiger partial charge in [0.15, 0.2) is 0 Å². The first-order valence-electron chi connectivity index (χ1n) is 4.27. The van der Waals surface area contributed by atoms with Crippen molar-refractivity contribution in [3.05, 3.63) is 39.9 Å². The molecule has 0 fully saturated rings. The molecule has 1 nitrogen and oxygen atoms in total. The molecular weight excluding hydrogens is 228 g/mol. The van der Waals surface area contributed by atoms with E-state index >= 15 is 0 Å². The lowest BCUT2D eigenvalue weighted by Crippen LogP contribution is -1.79. The first kappa shape index (κ1) is 10.5. The van der Waals surface area contributed by atoms with Crippen molar-refractivity contribution in [2.45, 2.75) is 13.3 Å². The van der Waals surface area contributed by atoms with Crippen LogP contribution < -0.4 is 0 Å². The van der Waals surface area contributed by atoms with Gasteiger partial charge in [0.1, 0.15) is 0 Å². The van der Waals surface area contributed by atoms with Gasteiger partial charge in [-0.1, -0.05) is 40.2 Å². The van der Waals surface area contributed by atoms with Gasteiger partial charge >= 0.3 is 0 Å². The van der Waals surface area contributed by atoms with E-state index in [0.717, 1.165) is 10.0 Å². The number of aryl methyl sites for hydroxylation is 1. The van der Waals surface area contributed by atoms with Crippen LogP contribution in [-0.4, -0.2) is 11.7 Å². The molecule has 13 heavy (non-hydrogen) atoms. The van der Waals surface area contributed by atoms with Gasteiger partial charge in [-0.2, -0.15) is 0 Å². The summed E-state index contributed by atoms with van der Waals surface area (Å²) in [7, 11) is 0. The van der Waals surface area contributed by atoms with E-state index in [1.165, 1.54) is 5.56 Å². The third-order valence-electron chi connectivity index (χ3n) is 1.75.